The van der Waals surface area contributed by atoms with Crippen LogP contribution in [0.2, 0.25) is 0 Å². The molecule has 0 amide bonds. The van der Waals surface area contributed by atoms with Crippen LogP contribution < -0.4 is 15.4 Å². The molecule has 0 aliphatic heterocycles. The summed E-state index contributed by atoms with van der Waals surface area (Å²) < 4.78 is 7.48. The molecular weight excluding hydrogens is 455 g/mol. The minimum Gasteiger partial charge on any atom is -0.494 e. The molecule has 0 bridgehead atoms. The Hall–Kier alpha value is -2.10. The number of hydrogen-bond donors (Lipinski definition) is 2. The van der Waals surface area contributed by atoms with E-state index in [1.807, 2.05) is 37.6 Å². The summed E-state index contributed by atoms with van der Waals surface area (Å²) in [4.78, 5) is 4.58. The quantitative estimate of drug-likeness (QED) is 0.248. The molecule has 0 radical (unpaired) electrons. The maximum Gasteiger partial charge on any atom is 0.191 e. The Bertz CT molecular complexity index is 744. The smallest absolute Gasteiger partial charge is 0.191 e. The van der Waals surface area contributed by atoms with Crippen LogP contribution >= 0.6 is 24.0 Å². The molecule has 1 heterocycles. The van der Waals surface area contributed by atoms with Gasteiger partial charge in [-0.2, -0.15) is 0 Å². The highest BCUT2D eigenvalue weighted by Gasteiger charge is 2.05. The molecule has 148 valence electrons. The number of rotatable bonds is 9. The fourth-order valence-electron chi connectivity index (χ4n) is 2.36. The highest BCUT2D eigenvalue weighted by molar-refractivity contribution is 14.0. The first-order valence-electron chi connectivity index (χ1n) is 8.83. The number of aliphatic imine (C=N–C) groups is 1. The van der Waals surface area contributed by atoms with Crippen LogP contribution in [0.15, 0.2) is 41.9 Å². The second-order valence-electron chi connectivity index (χ2n) is 5.81. The number of aromatic nitrogens is 3. The van der Waals surface area contributed by atoms with E-state index in [1.165, 1.54) is 5.56 Å². The predicted molar refractivity (Wildman–Crippen MR) is 120 cm³/mol. The largest absolute Gasteiger partial charge is 0.494 e. The number of halogens is 1. The lowest BCUT2D eigenvalue weighted by Gasteiger charge is -2.12. The third-order valence-electron chi connectivity index (χ3n) is 3.89. The molecule has 7 nitrogen and oxygen atoms in total. The van der Waals surface area contributed by atoms with E-state index in [0.717, 1.165) is 36.3 Å². The number of aryl methyl sites for hydroxylation is 1. The van der Waals surface area contributed by atoms with Crippen molar-refractivity contribution in [2.45, 2.75) is 26.8 Å². The second-order valence-corrected chi connectivity index (χ2v) is 5.81. The fraction of sp³-hybridized carbons (Fsp3) is 0.421. The van der Waals surface area contributed by atoms with E-state index in [4.69, 9.17) is 4.74 Å². The van der Waals surface area contributed by atoms with E-state index in [2.05, 4.69) is 44.5 Å². The van der Waals surface area contributed by atoms with Gasteiger partial charge >= 0.3 is 0 Å². The number of benzene rings is 1. The lowest BCUT2D eigenvalue weighted by Crippen LogP contribution is -2.38. The first-order chi connectivity index (χ1) is 12.6. The van der Waals surface area contributed by atoms with Crippen molar-refractivity contribution < 1.29 is 4.74 Å². The van der Waals surface area contributed by atoms with Crippen LogP contribution in [-0.2, 0) is 20.0 Å². The van der Waals surface area contributed by atoms with E-state index in [1.54, 1.807) is 6.08 Å². The zero-order valence-electron chi connectivity index (χ0n) is 16.2. The Morgan fingerprint density at radius 1 is 1.33 bits per heavy atom. The van der Waals surface area contributed by atoms with Crippen LogP contribution in [0.5, 0.6) is 5.75 Å². The third kappa shape index (κ3) is 7.58. The van der Waals surface area contributed by atoms with Gasteiger partial charge in [0.1, 0.15) is 18.1 Å². The SMILES string of the molecule is C=CCNC(=NCc1nnc(C)n1C)NCCc1cccc(OCC)c1.I. The zero-order valence-corrected chi connectivity index (χ0v) is 18.6. The average molecular weight is 484 g/mol. The monoisotopic (exact) mass is 484 g/mol. The van der Waals surface area contributed by atoms with Crippen LogP contribution in [0, 0.1) is 6.92 Å². The first kappa shape index (κ1) is 22.9. The van der Waals surface area contributed by atoms with Crippen molar-refractivity contribution in [1.29, 1.82) is 0 Å². The Kier molecular flexibility index (Phi) is 10.5. The lowest BCUT2D eigenvalue weighted by atomic mass is 10.1. The number of hydrogen-bond acceptors (Lipinski definition) is 4. The van der Waals surface area contributed by atoms with Gasteiger partial charge in [-0.3, -0.25) is 0 Å². The molecule has 0 fully saturated rings. The van der Waals surface area contributed by atoms with E-state index in [9.17, 15) is 0 Å². The molecule has 0 saturated heterocycles. The van der Waals surface area contributed by atoms with Crippen LogP contribution in [0.1, 0.15) is 24.1 Å². The van der Waals surface area contributed by atoms with Crippen molar-refractivity contribution in [3.8, 4) is 5.75 Å². The molecule has 2 N–H and O–H groups in total. The molecule has 0 saturated carbocycles. The molecule has 0 aliphatic rings. The van der Waals surface area contributed by atoms with Crippen LogP contribution in [-0.4, -0.2) is 40.4 Å². The van der Waals surface area contributed by atoms with Crippen molar-refractivity contribution in [1.82, 2.24) is 25.4 Å². The summed E-state index contributed by atoms with van der Waals surface area (Å²) in [6, 6.07) is 8.16. The zero-order chi connectivity index (χ0) is 18.8. The Balaban J connectivity index is 0.00000364. The van der Waals surface area contributed by atoms with Crippen molar-refractivity contribution in [2.75, 3.05) is 19.7 Å². The van der Waals surface area contributed by atoms with E-state index in [0.29, 0.717) is 19.7 Å². The molecule has 0 unspecified atom stereocenters. The summed E-state index contributed by atoms with van der Waals surface area (Å²) in [6.07, 6.45) is 2.67. The summed E-state index contributed by atoms with van der Waals surface area (Å²) >= 11 is 0. The highest BCUT2D eigenvalue weighted by Crippen LogP contribution is 2.13. The Labute approximate surface area is 178 Å². The summed E-state index contributed by atoms with van der Waals surface area (Å²) in [7, 11) is 1.94. The van der Waals surface area contributed by atoms with Crippen LogP contribution in [0.25, 0.3) is 0 Å². The normalized spacial score (nSPS) is 10.9. The summed E-state index contributed by atoms with van der Waals surface area (Å²) in [5.74, 6) is 3.33. The van der Waals surface area contributed by atoms with Gasteiger partial charge in [-0.1, -0.05) is 18.2 Å². The minimum atomic E-state index is 0. The Morgan fingerprint density at radius 3 is 2.81 bits per heavy atom. The van der Waals surface area contributed by atoms with Gasteiger partial charge in [0.25, 0.3) is 0 Å². The fourth-order valence-corrected chi connectivity index (χ4v) is 2.36. The summed E-state index contributed by atoms with van der Waals surface area (Å²) in [6.45, 7) is 10.2. The standard InChI is InChI=1S/C19H28N6O.HI/c1-5-11-20-19(22-14-18-24-23-15(3)25(18)4)21-12-10-16-8-7-9-17(13-16)26-6-2;/h5,7-9,13H,1,6,10-12,14H2,2-4H3,(H2,20,21,22);1H. The number of guanidine groups is 1. The van der Waals surface area contributed by atoms with Crippen molar-refractivity contribution in [3.05, 3.63) is 54.1 Å². The molecule has 0 atom stereocenters. The number of nitrogens with one attached hydrogen (secondary N) is 2. The second kappa shape index (κ2) is 12.3. The van der Waals surface area contributed by atoms with Gasteiger partial charge in [0.05, 0.1) is 6.61 Å². The molecular formula is C19H29IN6O. The number of ether oxygens (including phenoxy) is 1. The summed E-state index contributed by atoms with van der Waals surface area (Å²) in [5, 5.41) is 14.8. The van der Waals surface area contributed by atoms with E-state index >= 15 is 0 Å². The molecule has 0 aliphatic carbocycles. The third-order valence-corrected chi connectivity index (χ3v) is 3.89. The summed E-state index contributed by atoms with van der Waals surface area (Å²) in [5.41, 5.74) is 1.22. The minimum absolute atomic E-state index is 0. The van der Waals surface area contributed by atoms with Crippen molar-refractivity contribution in [3.63, 3.8) is 0 Å². The van der Waals surface area contributed by atoms with Gasteiger partial charge in [0.15, 0.2) is 11.8 Å². The van der Waals surface area contributed by atoms with Gasteiger partial charge in [-0.05, 0) is 38.0 Å². The molecule has 27 heavy (non-hydrogen) atoms. The number of nitrogens with zero attached hydrogens (tertiary/aromatic N) is 4. The van der Waals surface area contributed by atoms with Gasteiger partial charge in [0, 0.05) is 20.1 Å². The van der Waals surface area contributed by atoms with Crippen LogP contribution in [0.3, 0.4) is 0 Å². The highest BCUT2D eigenvalue weighted by atomic mass is 127. The lowest BCUT2D eigenvalue weighted by molar-refractivity contribution is 0.340. The molecule has 1 aromatic carbocycles. The van der Waals surface area contributed by atoms with Crippen molar-refractivity contribution in [2.24, 2.45) is 12.0 Å². The van der Waals surface area contributed by atoms with Gasteiger partial charge in [-0.15, -0.1) is 40.8 Å². The van der Waals surface area contributed by atoms with E-state index < -0.39 is 0 Å². The van der Waals surface area contributed by atoms with E-state index in [-0.39, 0.29) is 24.0 Å². The maximum absolute atomic E-state index is 5.55. The van der Waals surface area contributed by atoms with Gasteiger partial charge < -0.3 is 19.9 Å². The predicted octanol–water partition coefficient (Wildman–Crippen LogP) is 2.60. The molecule has 8 heteroatoms. The Morgan fingerprint density at radius 2 is 2.15 bits per heavy atom. The molecule has 1 aromatic heterocycles. The van der Waals surface area contributed by atoms with Crippen molar-refractivity contribution >= 4 is 29.9 Å². The van der Waals surface area contributed by atoms with Gasteiger partial charge in [0.2, 0.25) is 0 Å². The van der Waals surface area contributed by atoms with Crippen LogP contribution in [0.4, 0.5) is 0 Å². The molecule has 0 spiro atoms. The topological polar surface area (TPSA) is 76.4 Å². The molecule has 2 rings (SSSR count). The van der Waals surface area contributed by atoms with Gasteiger partial charge in [-0.25, -0.2) is 4.99 Å². The first-order valence-corrected chi connectivity index (χ1v) is 8.83. The average Bonchev–Trinajstić information content (AvgIpc) is 2.96. The molecule has 2 aromatic rings. The maximum atomic E-state index is 5.55.